The number of benzene rings is 1. The molecule has 0 heterocycles. The van der Waals surface area contributed by atoms with Gasteiger partial charge in [0.25, 0.3) is 0 Å². The zero-order valence-electron chi connectivity index (χ0n) is 15.2. The van der Waals surface area contributed by atoms with Crippen molar-refractivity contribution in [2.75, 3.05) is 6.61 Å². The van der Waals surface area contributed by atoms with E-state index in [2.05, 4.69) is 13.8 Å². The number of unbranched alkanes of at least 4 members (excludes halogenated alkanes) is 8. The van der Waals surface area contributed by atoms with Crippen molar-refractivity contribution >= 4 is 5.97 Å². The van der Waals surface area contributed by atoms with E-state index in [1.54, 1.807) is 0 Å². The van der Waals surface area contributed by atoms with E-state index in [-0.39, 0.29) is 0 Å². The maximum absolute atomic E-state index is 11.9. The molecule has 0 aliphatic rings. The summed E-state index contributed by atoms with van der Waals surface area (Å²) in [7, 11) is 0. The molecule has 0 aliphatic carbocycles. The minimum atomic E-state index is -0.412. The summed E-state index contributed by atoms with van der Waals surface area (Å²) in [6, 6.07) is 7.59. The van der Waals surface area contributed by atoms with Crippen LogP contribution in [0, 0.1) is 6.92 Å². The van der Waals surface area contributed by atoms with Gasteiger partial charge in [-0.25, -0.2) is 4.79 Å². The first-order chi connectivity index (χ1) is 11.8. The van der Waals surface area contributed by atoms with Crippen molar-refractivity contribution in [2.45, 2.75) is 77.6 Å². The molecular formula is C21H33O3. The first kappa shape index (κ1) is 20.7. The van der Waals surface area contributed by atoms with Crippen LogP contribution in [0.5, 0.6) is 0 Å². The fourth-order valence-corrected chi connectivity index (χ4v) is 2.55. The third kappa shape index (κ3) is 9.71. The van der Waals surface area contributed by atoms with Crippen molar-refractivity contribution < 1.29 is 14.6 Å². The molecule has 135 valence electrons. The number of rotatable bonds is 14. The molecule has 0 aromatic heterocycles. The molecule has 0 atom stereocenters. The van der Waals surface area contributed by atoms with E-state index in [4.69, 9.17) is 9.78 Å². The molecule has 1 rings (SSSR count). The topological polar surface area (TPSA) is 35.5 Å². The van der Waals surface area contributed by atoms with Crippen LogP contribution >= 0.6 is 0 Å². The largest absolute Gasteiger partial charge is 0.373 e. The molecule has 1 aromatic rings. The molecule has 3 nitrogen and oxygen atoms in total. The molecular weight excluding hydrogens is 300 g/mol. The van der Waals surface area contributed by atoms with Gasteiger partial charge in [-0.05, 0) is 37.0 Å². The van der Waals surface area contributed by atoms with Crippen LogP contribution in [0.1, 0.15) is 87.1 Å². The van der Waals surface area contributed by atoms with Gasteiger partial charge in [0, 0.05) is 0 Å². The summed E-state index contributed by atoms with van der Waals surface area (Å²) in [4.78, 5) is 21.7. The van der Waals surface area contributed by atoms with E-state index in [1.165, 1.54) is 50.5 Å². The van der Waals surface area contributed by atoms with Crippen LogP contribution in [-0.4, -0.2) is 12.6 Å². The van der Waals surface area contributed by atoms with Gasteiger partial charge in [-0.1, -0.05) is 77.3 Å². The van der Waals surface area contributed by atoms with Gasteiger partial charge in [0.15, 0.2) is 0 Å². The Kier molecular flexibility index (Phi) is 12.1. The Morgan fingerprint density at radius 2 is 1.54 bits per heavy atom. The summed E-state index contributed by atoms with van der Waals surface area (Å²) < 4.78 is 0. The number of carbonyl (C=O) groups excluding carboxylic acids is 1. The van der Waals surface area contributed by atoms with E-state index >= 15 is 0 Å². The maximum Gasteiger partial charge on any atom is 0.373 e. The van der Waals surface area contributed by atoms with Gasteiger partial charge in [0.1, 0.15) is 0 Å². The van der Waals surface area contributed by atoms with E-state index in [0.29, 0.717) is 12.2 Å². The van der Waals surface area contributed by atoms with E-state index in [1.807, 2.05) is 24.3 Å². The number of hydrogen-bond acceptors (Lipinski definition) is 3. The second-order valence-corrected chi connectivity index (χ2v) is 6.32. The van der Waals surface area contributed by atoms with Crippen molar-refractivity contribution in [1.82, 2.24) is 0 Å². The van der Waals surface area contributed by atoms with E-state index in [0.717, 1.165) is 25.7 Å². The molecule has 3 heteroatoms. The average molecular weight is 333 g/mol. The minimum Gasteiger partial charge on any atom is -0.293 e. The second-order valence-electron chi connectivity index (χ2n) is 6.32. The fraction of sp³-hybridized carbons (Fsp3) is 0.619. The molecule has 0 fully saturated rings. The zero-order chi connectivity index (χ0) is 17.5. The first-order valence-corrected chi connectivity index (χ1v) is 9.50. The number of aryl methyl sites for hydroxylation is 1. The predicted molar refractivity (Wildman–Crippen MR) is 98.7 cm³/mol. The Labute approximate surface area is 147 Å². The van der Waals surface area contributed by atoms with Gasteiger partial charge in [-0.15, -0.1) is 0 Å². The highest BCUT2D eigenvalue weighted by Crippen LogP contribution is 2.10. The maximum atomic E-state index is 11.9. The number of hydrogen-bond donors (Lipinski definition) is 0. The summed E-state index contributed by atoms with van der Waals surface area (Å²) in [5, 5.41) is 0. The quantitative estimate of drug-likeness (QED) is 0.235. The molecule has 1 aromatic carbocycles. The highest BCUT2D eigenvalue weighted by molar-refractivity contribution is 5.88. The molecule has 0 amide bonds. The highest BCUT2D eigenvalue weighted by Gasteiger charge is 2.08. The lowest BCUT2D eigenvalue weighted by Crippen LogP contribution is -2.07. The van der Waals surface area contributed by atoms with Crippen LogP contribution in [-0.2, 0) is 16.2 Å². The lowest BCUT2D eigenvalue weighted by molar-refractivity contribution is -0.241. The van der Waals surface area contributed by atoms with Crippen LogP contribution in [0.4, 0.5) is 0 Å². The van der Waals surface area contributed by atoms with Crippen molar-refractivity contribution in [1.29, 1.82) is 0 Å². The molecule has 0 bridgehead atoms. The Balaban J connectivity index is 2.05. The lowest BCUT2D eigenvalue weighted by atomic mass is 10.1. The van der Waals surface area contributed by atoms with Gasteiger partial charge >= 0.3 is 5.97 Å². The summed E-state index contributed by atoms with van der Waals surface area (Å²) in [5.74, 6) is -0.412. The third-order valence-corrected chi connectivity index (χ3v) is 4.12. The minimum absolute atomic E-state index is 0.412. The fourth-order valence-electron chi connectivity index (χ4n) is 2.55. The molecule has 0 unspecified atom stereocenters. The molecule has 0 N–H and O–H groups in total. The lowest BCUT2D eigenvalue weighted by Gasteiger charge is -2.05. The van der Waals surface area contributed by atoms with Gasteiger partial charge < -0.3 is 0 Å². The Bertz CT molecular complexity index is 425. The highest BCUT2D eigenvalue weighted by atomic mass is 17.2. The summed E-state index contributed by atoms with van der Waals surface area (Å²) in [6.07, 6.45) is 12.8. The zero-order valence-corrected chi connectivity index (χ0v) is 15.2. The Hall–Kier alpha value is -1.35. The summed E-state index contributed by atoms with van der Waals surface area (Å²) in [5.41, 5.74) is 1.80. The van der Waals surface area contributed by atoms with Crippen molar-refractivity contribution in [3.05, 3.63) is 42.3 Å². The normalized spacial score (nSPS) is 10.8. The summed E-state index contributed by atoms with van der Waals surface area (Å²) in [6.45, 7) is 6.49. The first-order valence-electron chi connectivity index (χ1n) is 9.50. The van der Waals surface area contributed by atoms with Gasteiger partial charge in [-0.3, -0.25) is 4.89 Å². The van der Waals surface area contributed by atoms with Crippen LogP contribution < -0.4 is 0 Å². The smallest absolute Gasteiger partial charge is 0.293 e. The van der Waals surface area contributed by atoms with Crippen LogP contribution in [0.15, 0.2) is 24.3 Å². The van der Waals surface area contributed by atoms with Crippen molar-refractivity contribution in [2.24, 2.45) is 0 Å². The van der Waals surface area contributed by atoms with Gasteiger partial charge in [0.2, 0.25) is 0 Å². The average Bonchev–Trinajstić information content (AvgIpc) is 2.61. The molecule has 0 aliphatic heterocycles. The van der Waals surface area contributed by atoms with Crippen LogP contribution in [0.3, 0.4) is 0 Å². The van der Waals surface area contributed by atoms with E-state index in [9.17, 15) is 4.79 Å². The second kappa shape index (κ2) is 14.0. The van der Waals surface area contributed by atoms with Crippen molar-refractivity contribution in [3.63, 3.8) is 0 Å². The van der Waals surface area contributed by atoms with Gasteiger partial charge in [0.05, 0.1) is 12.2 Å². The standard InChI is InChI=1S/C21H33O3/c1-3-5-7-8-9-10-11-12-18-23-24-21(22)20-16-14-19(15-17-20)13-6-4-2/h14-17H,1,3-13,18H2,2H3. The monoisotopic (exact) mass is 333 g/mol. The third-order valence-electron chi connectivity index (χ3n) is 4.12. The summed E-state index contributed by atoms with van der Waals surface area (Å²) >= 11 is 0. The van der Waals surface area contributed by atoms with Crippen molar-refractivity contribution in [3.8, 4) is 0 Å². The Morgan fingerprint density at radius 1 is 0.917 bits per heavy atom. The molecule has 0 spiro atoms. The van der Waals surface area contributed by atoms with E-state index < -0.39 is 5.97 Å². The predicted octanol–water partition coefficient (Wildman–Crippen LogP) is 6.07. The number of carbonyl (C=O) groups is 1. The molecule has 24 heavy (non-hydrogen) atoms. The SMILES string of the molecule is [CH2]CCCCCCCCCOOC(=O)c1ccc(CCCC)cc1. The molecule has 0 saturated carbocycles. The van der Waals surface area contributed by atoms with Gasteiger partial charge in [-0.2, -0.15) is 4.89 Å². The Morgan fingerprint density at radius 3 is 2.17 bits per heavy atom. The molecule has 1 radical (unpaired) electrons. The van der Waals surface area contributed by atoms with Crippen LogP contribution in [0.25, 0.3) is 0 Å². The van der Waals surface area contributed by atoms with Crippen LogP contribution in [0.2, 0.25) is 0 Å². The molecule has 0 saturated heterocycles.